The van der Waals surface area contributed by atoms with Crippen molar-refractivity contribution in [1.82, 2.24) is 5.32 Å². The molecular weight excluding hydrogens is 302 g/mol. The van der Waals surface area contributed by atoms with Crippen LogP contribution in [0.15, 0.2) is 29.0 Å². The van der Waals surface area contributed by atoms with Crippen molar-refractivity contribution in [2.75, 3.05) is 6.54 Å². The van der Waals surface area contributed by atoms with Gasteiger partial charge in [-0.1, -0.05) is 18.5 Å². The fraction of sp³-hybridized carbons (Fsp3) is 0.231. The molecule has 0 spiro atoms. The molecule has 0 saturated heterocycles. The molecule has 0 amide bonds. The van der Waals surface area contributed by atoms with Gasteiger partial charge >= 0.3 is 0 Å². The summed E-state index contributed by atoms with van der Waals surface area (Å²) < 4.78 is 2.73. The van der Waals surface area contributed by atoms with Gasteiger partial charge in [0.1, 0.15) is 0 Å². The van der Waals surface area contributed by atoms with Crippen molar-refractivity contribution < 1.29 is 0 Å². The lowest BCUT2D eigenvalue weighted by Gasteiger charge is -2.15. The fourth-order valence-corrected chi connectivity index (χ4v) is 5.50. The molecule has 0 bridgehead atoms. The molecular formula is C13H12ClNS3. The van der Waals surface area contributed by atoms with Gasteiger partial charge in [0.05, 0.1) is 11.1 Å². The van der Waals surface area contributed by atoms with E-state index < -0.39 is 0 Å². The Bertz CT molecular complexity index is 623. The number of nitrogens with one attached hydrogen (secondary N) is 1. The van der Waals surface area contributed by atoms with Crippen molar-refractivity contribution in [3.05, 3.63) is 43.7 Å². The summed E-state index contributed by atoms with van der Waals surface area (Å²) in [6, 6.07) is 6.68. The molecule has 0 aliphatic rings. The molecule has 3 aromatic heterocycles. The summed E-state index contributed by atoms with van der Waals surface area (Å²) in [5.74, 6) is 0. The third-order valence-corrected chi connectivity index (χ3v) is 6.34. The van der Waals surface area contributed by atoms with E-state index in [0.29, 0.717) is 0 Å². The summed E-state index contributed by atoms with van der Waals surface area (Å²) in [5, 5.41) is 8.60. The van der Waals surface area contributed by atoms with Gasteiger partial charge in [-0.25, -0.2) is 0 Å². The van der Waals surface area contributed by atoms with Gasteiger partial charge < -0.3 is 5.32 Å². The average Bonchev–Trinajstić information content (AvgIpc) is 3.00. The topological polar surface area (TPSA) is 12.0 Å². The summed E-state index contributed by atoms with van der Waals surface area (Å²) in [5.41, 5.74) is 0. The summed E-state index contributed by atoms with van der Waals surface area (Å²) in [6.45, 7) is 3.06. The highest BCUT2D eigenvalue weighted by molar-refractivity contribution is 7.27. The first-order valence-electron chi connectivity index (χ1n) is 5.72. The molecule has 1 nitrogen and oxygen atoms in total. The zero-order valence-corrected chi connectivity index (χ0v) is 13.0. The lowest BCUT2D eigenvalue weighted by atomic mass is 10.2. The standard InChI is InChI=1S/C13H12ClNS3/c1-2-15-12(13-8(14)3-5-17-13)11-7-10-9(18-11)4-6-16-10/h3-7,12,15H,2H2,1H3. The first-order chi connectivity index (χ1) is 8.79. The van der Waals surface area contributed by atoms with E-state index in [1.165, 1.54) is 19.2 Å². The molecule has 0 radical (unpaired) electrons. The lowest BCUT2D eigenvalue weighted by Crippen LogP contribution is -2.20. The lowest BCUT2D eigenvalue weighted by molar-refractivity contribution is 0.649. The van der Waals surface area contributed by atoms with Crippen LogP contribution < -0.4 is 5.32 Å². The molecule has 1 unspecified atom stereocenters. The Hall–Kier alpha value is -0.390. The van der Waals surface area contributed by atoms with E-state index >= 15 is 0 Å². The van der Waals surface area contributed by atoms with Gasteiger partial charge in [-0.15, -0.1) is 34.0 Å². The van der Waals surface area contributed by atoms with Gasteiger partial charge in [-0.2, -0.15) is 0 Å². The molecule has 5 heteroatoms. The highest BCUT2D eigenvalue weighted by Crippen LogP contribution is 2.39. The molecule has 1 N–H and O–H groups in total. The second kappa shape index (κ2) is 5.31. The molecule has 0 aliphatic heterocycles. The highest BCUT2D eigenvalue weighted by Gasteiger charge is 2.19. The van der Waals surface area contributed by atoms with Crippen LogP contribution in [0.2, 0.25) is 5.02 Å². The van der Waals surface area contributed by atoms with Gasteiger partial charge in [0.25, 0.3) is 0 Å². The van der Waals surface area contributed by atoms with Crippen LogP contribution in [-0.4, -0.2) is 6.54 Å². The third-order valence-electron chi connectivity index (χ3n) is 2.76. The van der Waals surface area contributed by atoms with Crippen LogP contribution >= 0.6 is 45.6 Å². The summed E-state index contributed by atoms with van der Waals surface area (Å²) in [6.07, 6.45) is 0. The van der Waals surface area contributed by atoms with Crippen LogP contribution in [0.25, 0.3) is 9.40 Å². The first kappa shape index (κ1) is 12.6. The van der Waals surface area contributed by atoms with Crippen molar-refractivity contribution in [2.24, 2.45) is 0 Å². The Labute approximate surface area is 123 Å². The number of halogens is 1. The molecule has 18 heavy (non-hydrogen) atoms. The van der Waals surface area contributed by atoms with Crippen molar-refractivity contribution in [1.29, 1.82) is 0 Å². The average molecular weight is 314 g/mol. The Morgan fingerprint density at radius 2 is 2.06 bits per heavy atom. The van der Waals surface area contributed by atoms with Crippen LogP contribution in [0.1, 0.15) is 22.7 Å². The van der Waals surface area contributed by atoms with Crippen LogP contribution in [-0.2, 0) is 0 Å². The molecule has 1 atom stereocenters. The number of thiophene rings is 3. The van der Waals surface area contributed by atoms with Crippen molar-refractivity contribution in [2.45, 2.75) is 13.0 Å². The van der Waals surface area contributed by atoms with Crippen LogP contribution in [0.4, 0.5) is 0 Å². The van der Waals surface area contributed by atoms with Crippen molar-refractivity contribution in [3.8, 4) is 0 Å². The highest BCUT2D eigenvalue weighted by atomic mass is 35.5. The maximum Gasteiger partial charge on any atom is 0.0780 e. The predicted octanol–water partition coefficient (Wildman–Crippen LogP) is 5.38. The zero-order chi connectivity index (χ0) is 12.5. The van der Waals surface area contributed by atoms with E-state index in [1.807, 2.05) is 17.4 Å². The maximum absolute atomic E-state index is 6.27. The van der Waals surface area contributed by atoms with Gasteiger partial charge in [0.2, 0.25) is 0 Å². The third kappa shape index (κ3) is 2.24. The second-order valence-electron chi connectivity index (χ2n) is 3.92. The Morgan fingerprint density at radius 1 is 1.22 bits per heavy atom. The Balaban J connectivity index is 2.04. The molecule has 0 aliphatic carbocycles. The number of rotatable bonds is 4. The van der Waals surface area contributed by atoms with Crippen LogP contribution in [0.3, 0.4) is 0 Å². The summed E-state index contributed by atoms with van der Waals surface area (Å²) in [7, 11) is 0. The van der Waals surface area contributed by atoms with Crippen molar-refractivity contribution in [3.63, 3.8) is 0 Å². The van der Waals surface area contributed by atoms with Crippen LogP contribution in [0, 0.1) is 0 Å². The first-order valence-corrected chi connectivity index (χ1v) is 8.68. The predicted molar refractivity (Wildman–Crippen MR) is 84.6 cm³/mol. The SMILES string of the molecule is CCNC(c1cc2sccc2s1)c1sccc1Cl. The van der Waals surface area contributed by atoms with E-state index in [4.69, 9.17) is 11.6 Å². The Kier molecular flexibility index (Phi) is 3.73. The number of fused-ring (bicyclic) bond motifs is 1. The van der Waals surface area contributed by atoms with Gasteiger partial charge in [0, 0.05) is 19.2 Å². The Morgan fingerprint density at radius 3 is 2.72 bits per heavy atom. The summed E-state index contributed by atoms with van der Waals surface area (Å²) in [4.78, 5) is 2.57. The van der Waals surface area contributed by atoms with Gasteiger partial charge in [0.15, 0.2) is 0 Å². The zero-order valence-electron chi connectivity index (χ0n) is 9.77. The molecule has 0 aromatic carbocycles. The van der Waals surface area contributed by atoms with E-state index in [9.17, 15) is 0 Å². The fourth-order valence-electron chi connectivity index (χ4n) is 1.96. The quantitative estimate of drug-likeness (QED) is 0.682. The minimum absolute atomic E-state index is 0.229. The van der Waals surface area contributed by atoms with E-state index in [1.54, 1.807) is 22.7 Å². The minimum atomic E-state index is 0.229. The molecule has 3 rings (SSSR count). The molecule has 3 aromatic rings. The maximum atomic E-state index is 6.27. The summed E-state index contributed by atoms with van der Waals surface area (Å²) >= 11 is 11.6. The van der Waals surface area contributed by atoms with Gasteiger partial charge in [-0.05, 0) is 35.5 Å². The van der Waals surface area contributed by atoms with E-state index in [2.05, 4.69) is 35.1 Å². The monoisotopic (exact) mass is 313 g/mol. The van der Waals surface area contributed by atoms with Crippen LogP contribution in [0.5, 0.6) is 0 Å². The second-order valence-corrected chi connectivity index (χ2v) is 7.34. The molecule has 0 saturated carbocycles. The van der Waals surface area contributed by atoms with Crippen molar-refractivity contribution >= 4 is 55.0 Å². The number of hydrogen-bond acceptors (Lipinski definition) is 4. The smallest absolute Gasteiger partial charge is 0.0780 e. The van der Waals surface area contributed by atoms with E-state index in [0.717, 1.165) is 11.6 Å². The van der Waals surface area contributed by atoms with Gasteiger partial charge in [-0.3, -0.25) is 0 Å². The molecule has 3 heterocycles. The van der Waals surface area contributed by atoms with E-state index in [-0.39, 0.29) is 6.04 Å². The molecule has 94 valence electrons. The largest absolute Gasteiger partial charge is 0.305 e. The minimum Gasteiger partial charge on any atom is -0.305 e. The normalized spacial score (nSPS) is 13.2. The number of hydrogen-bond donors (Lipinski definition) is 1. The molecule has 0 fully saturated rings.